The van der Waals surface area contributed by atoms with Crippen LogP contribution in [0.3, 0.4) is 0 Å². The van der Waals surface area contributed by atoms with Gasteiger partial charge in [0.1, 0.15) is 0 Å². The number of hydrogen-bond donors (Lipinski definition) is 2. The second-order valence-corrected chi connectivity index (χ2v) is 2.14. The molecule has 0 unspecified atom stereocenters. The molecule has 0 fully saturated rings. The molecule has 1 aromatic carbocycles. The first-order valence-corrected chi connectivity index (χ1v) is 3.03. The fourth-order valence-electron chi connectivity index (χ4n) is 0.740. The van der Waals surface area contributed by atoms with E-state index < -0.39 is 30.0 Å². The van der Waals surface area contributed by atoms with Crippen LogP contribution in [0.2, 0.25) is 0 Å². The fourth-order valence-corrected chi connectivity index (χ4v) is 0.740. The Bertz CT molecular complexity index is 308. The summed E-state index contributed by atoms with van der Waals surface area (Å²) in [5, 5.41) is 16.9. The molecular formula is C6H5BF3KO2. The second kappa shape index (κ2) is 5.50. The van der Waals surface area contributed by atoms with Gasteiger partial charge in [-0.2, -0.15) is 0 Å². The van der Waals surface area contributed by atoms with Gasteiger partial charge >= 0.3 is 58.5 Å². The number of benzene rings is 1. The van der Waals surface area contributed by atoms with E-state index in [9.17, 15) is 13.2 Å². The van der Waals surface area contributed by atoms with Gasteiger partial charge in [0.2, 0.25) is 0 Å². The van der Waals surface area contributed by atoms with Gasteiger partial charge < -0.3 is 10.0 Å². The first-order valence-electron chi connectivity index (χ1n) is 3.03. The van der Waals surface area contributed by atoms with Crippen molar-refractivity contribution in [3.63, 3.8) is 0 Å². The summed E-state index contributed by atoms with van der Waals surface area (Å²) in [6.07, 6.45) is 0. The van der Waals surface area contributed by atoms with E-state index in [4.69, 9.17) is 10.0 Å². The molecule has 0 aromatic heterocycles. The van der Waals surface area contributed by atoms with Gasteiger partial charge in [0.25, 0.3) is 0 Å². The quantitative estimate of drug-likeness (QED) is 0.473. The van der Waals surface area contributed by atoms with E-state index in [-0.39, 0.29) is 51.4 Å². The summed E-state index contributed by atoms with van der Waals surface area (Å²) in [5.74, 6) is -4.65. The van der Waals surface area contributed by atoms with Crippen molar-refractivity contribution < 1.29 is 23.2 Å². The summed E-state index contributed by atoms with van der Waals surface area (Å²) < 4.78 is 37.2. The van der Waals surface area contributed by atoms with E-state index in [0.717, 1.165) is 6.07 Å². The number of halogens is 3. The van der Waals surface area contributed by atoms with Gasteiger partial charge in [-0.3, -0.25) is 0 Å². The van der Waals surface area contributed by atoms with Gasteiger partial charge in [-0.1, -0.05) is 6.07 Å². The molecule has 0 amide bonds. The molecule has 0 aliphatic carbocycles. The predicted octanol–water partition coefficient (Wildman–Crippen LogP) is -0.865. The molecule has 0 heterocycles. The molecule has 1 rings (SSSR count). The Kier molecular flexibility index (Phi) is 5.76. The van der Waals surface area contributed by atoms with Crippen molar-refractivity contribution in [2.24, 2.45) is 0 Å². The van der Waals surface area contributed by atoms with Crippen LogP contribution in [0.15, 0.2) is 12.1 Å². The van der Waals surface area contributed by atoms with Crippen molar-refractivity contribution in [1.29, 1.82) is 0 Å². The van der Waals surface area contributed by atoms with Crippen LogP contribution >= 0.6 is 0 Å². The first kappa shape index (κ1) is 13.6. The molecule has 2 nitrogen and oxygen atoms in total. The van der Waals surface area contributed by atoms with Crippen LogP contribution in [0.4, 0.5) is 13.2 Å². The summed E-state index contributed by atoms with van der Waals surface area (Å²) in [6.45, 7) is 0. The van der Waals surface area contributed by atoms with Crippen molar-refractivity contribution >= 4 is 64.0 Å². The summed E-state index contributed by atoms with van der Waals surface area (Å²) >= 11 is 0. The molecule has 7 heteroatoms. The molecule has 0 bridgehead atoms. The molecule has 0 atom stereocenters. The Hall–Kier alpha value is 0.631. The molecule has 0 saturated carbocycles. The van der Waals surface area contributed by atoms with Crippen LogP contribution in [0.25, 0.3) is 0 Å². The van der Waals surface area contributed by atoms with Crippen molar-refractivity contribution in [2.75, 3.05) is 0 Å². The van der Waals surface area contributed by atoms with E-state index in [0.29, 0.717) is 6.07 Å². The van der Waals surface area contributed by atoms with Gasteiger partial charge in [-0.25, -0.2) is 13.2 Å². The summed E-state index contributed by atoms with van der Waals surface area (Å²) in [4.78, 5) is 0. The number of rotatable bonds is 1. The van der Waals surface area contributed by atoms with Crippen LogP contribution in [0.1, 0.15) is 0 Å². The average Bonchev–Trinajstić information content (AvgIpc) is 2.00. The molecule has 66 valence electrons. The van der Waals surface area contributed by atoms with Crippen LogP contribution in [-0.2, 0) is 0 Å². The molecule has 13 heavy (non-hydrogen) atoms. The Morgan fingerprint density at radius 3 is 2.00 bits per heavy atom. The maximum absolute atomic E-state index is 12.6. The molecule has 0 aliphatic rings. The Labute approximate surface area is 115 Å². The van der Waals surface area contributed by atoms with E-state index in [2.05, 4.69) is 0 Å². The van der Waals surface area contributed by atoms with Gasteiger partial charge in [0.05, 0.1) is 0 Å². The van der Waals surface area contributed by atoms with Gasteiger partial charge in [0.15, 0.2) is 17.5 Å². The summed E-state index contributed by atoms with van der Waals surface area (Å²) in [6, 6.07) is 1.38. The minimum absolute atomic E-state index is 0. The normalized spacial score (nSPS) is 9.31. The predicted molar refractivity (Wildman–Crippen MR) is 43.3 cm³/mol. The monoisotopic (exact) mass is 216 g/mol. The molecule has 1 aromatic rings. The van der Waals surface area contributed by atoms with Crippen molar-refractivity contribution in [3.8, 4) is 0 Å². The molecule has 0 radical (unpaired) electrons. The van der Waals surface area contributed by atoms with E-state index >= 15 is 0 Å². The van der Waals surface area contributed by atoms with Crippen LogP contribution in [0.5, 0.6) is 0 Å². The molecule has 2 N–H and O–H groups in total. The van der Waals surface area contributed by atoms with E-state index in [1.807, 2.05) is 0 Å². The first-order chi connectivity index (χ1) is 5.54. The topological polar surface area (TPSA) is 40.5 Å². The third kappa shape index (κ3) is 3.05. The molecule has 0 spiro atoms. The zero-order chi connectivity index (χ0) is 9.30. The fraction of sp³-hybridized carbons (Fsp3) is 0. The number of hydrogen-bond acceptors (Lipinski definition) is 2. The SMILES string of the molecule is OB(O)c1ccc(F)c(F)c1F.[KH]. The van der Waals surface area contributed by atoms with Gasteiger partial charge in [-0.05, 0) is 6.07 Å². The van der Waals surface area contributed by atoms with Crippen LogP contribution in [-0.4, -0.2) is 68.6 Å². The average molecular weight is 216 g/mol. The third-order valence-corrected chi connectivity index (χ3v) is 1.34. The Balaban J connectivity index is 0.00000144. The van der Waals surface area contributed by atoms with Crippen molar-refractivity contribution in [1.82, 2.24) is 0 Å². The minimum atomic E-state index is -2.14. The summed E-state index contributed by atoms with van der Waals surface area (Å²) in [5.41, 5.74) is -0.686. The Morgan fingerprint density at radius 2 is 1.54 bits per heavy atom. The standard InChI is InChI=1S/C6H4BF3O2.K.H/c8-4-2-1-3(7(11)12)5(9)6(4)10;;/h1-2,11-12H;;. The second-order valence-electron chi connectivity index (χ2n) is 2.14. The summed E-state index contributed by atoms with van der Waals surface area (Å²) in [7, 11) is -2.14. The van der Waals surface area contributed by atoms with Gasteiger partial charge in [0, 0.05) is 5.46 Å². The Morgan fingerprint density at radius 1 is 1.00 bits per heavy atom. The van der Waals surface area contributed by atoms with Gasteiger partial charge in [-0.15, -0.1) is 0 Å². The van der Waals surface area contributed by atoms with Crippen molar-refractivity contribution in [3.05, 3.63) is 29.6 Å². The van der Waals surface area contributed by atoms with Crippen LogP contribution in [0, 0.1) is 17.5 Å². The zero-order valence-corrected chi connectivity index (χ0v) is 5.76. The molecule has 0 aliphatic heterocycles. The molecular weight excluding hydrogens is 211 g/mol. The maximum atomic E-state index is 12.6. The molecule has 0 saturated heterocycles. The van der Waals surface area contributed by atoms with E-state index in [1.54, 1.807) is 0 Å². The third-order valence-electron chi connectivity index (χ3n) is 1.34. The zero-order valence-electron chi connectivity index (χ0n) is 5.76. The van der Waals surface area contributed by atoms with Crippen LogP contribution < -0.4 is 5.46 Å². The van der Waals surface area contributed by atoms with Crippen molar-refractivity contribution in [2.45, 2.75) is 0 Å². The van der Waals surface area contributed by atoms with E-state index in [1.165, 1.54) is 0 Å².